The molecule has 1 unspecified atom stereocenters. The van der Waals surface area contributed by atoms with Gasteiger partial charge in [0.25, 0.3) is 11.5 Å². The van der Waals surface area contributed by atoms with Crippen molar-refractivity contribution < 1.29 is 9.59 Å². The van der Waals surface area contributed by atoms with E-state index >= 15 is 0 Å². The van der Waals surface area contributed by atoms with Crippen LogP contribution in [0.5, 0.6) is 0 Å². The summed E-state index contributed by atoms with van der Waals surface area (Å²) in [6, 6.07) is 12.8. The number of aryl methyl sites for hydroxylation is 3. The van der Waals surface area contributed by atoms with Crippen LogP contribution < -0.4 is 16.2 Å². The quantitative estimate of drug-likeness (QED) is 0.299. The van der Waals surface area contributed by atoms with Crippen LogP contribution in [-0.2, 0) is 4.79 Å². The summed E-state index contributed by atoms with van der Waals surface area (Å²) >= 11 is 1.18. The summed E-state index contributed by atoms with van der Waals surface area (Å²) in [5.74, 6) is -0.327. The summed E-state index contributed by atoms with van der Waals surface area (Å²) in [7, 11) is 0. The molecule has 0 fully saturated rings. The number of benzene rings is 2. The molecule has 0 aliphatic heterocycles. The van der Waals surface area contributed by atoms with Crippen molar-refractivity contribution in [3.63, 3.8) is 0 Å². The Morgan fingerprint density at radius 3 is 2.43 bits per heavy atom. The highest BCUT2D eigenvalue weighted by molar-refractivity contribution is 7.20. The minimum absolute atomic E-state index is 0.235. The van der Waals surface area contributed by atoms with E-state index in [4.69, 9.17) is 0 Å². The molecule has 7 nitrogen and oxygen atoms in total. The first kappa shape index (κ1) is 26.3. The van der Waals surface area contributed by atoms with Gasteiger partial charge in [0.2, 0.25) is 5.91 Å². The van der Waals surface area contributed by atoms with E-state index in [1.807, 2.05) is 63.2 Å². The molecule has 2 amide bonds. The molecule has 0 spiro atoms. The van der Waals surface area contributed by atoms with Gasteiger partial charge in [0.05, 0.1) is 16.6 Å². The van der Waals surface area contributed by atoms with Crippen molar-refractivity contribution in [1.29, 1.82) is 0 Å². The van der Waals surface area contributed by atoms with E-state index in [2.05, 4.69) is 29.5 Å². The Kier molecular flexibility index (Phi) is 7.59. The third-order valence-electron chi connectivity index (χ3n) is 6.58. The van der Waals surface area contributed by atoms with E-state index in [9.17, 15) is 14.4 Å². The number of nitrogens with one attached hydrogen (secondary N) is 2. The van der Waals surface area contributed by atoms with Gasteiger partial charge in [-0.15, -0.1) is 11.3 Å². The van der Waals surface area contributed by atoms with Crippen molar-refractivity contribution in [3.05, 3.63) is 86.3 Å². The van der Waals surface area contributed by atoms with Crippen LogP contribution >= 0.6 is 11.3 Å². The number of thiophene rings is 1. The first-order chi connectivity index (χ1) is 17.6. The molecule has 0 aliphatic rings. The highest BCUT2D eigenvalue weighted by atomic mass is 32.1. The third-order valence-corrected chi connectivity index (χ3v) is 7.78. The predicted octanol–water partition coefficient (Wildman–Crippen LogP) is 6.35. The average molecular weight is 517 g/mol. The fourth-order valence-corrected chi connectivity index (χ4v) is 5.58. The van der Waals surface area contributed by atoms with Crippen LogP contribution in [0.1, 0.15) is 71.1 Å². The van der Waals surface area contributed by atoms with Crippen LogP contribution in [0.3, 0.4) is 0 Å². The van der Waals surface area contributed by atoms with Gasteiger partial charge in [0, 0.05) is 11.4 Å². The molecular formula is C29H32N4O3S. The van der Waals surface area contributed by atoms with Crippen molar-refractivity contribution in [2.24, 2.45) is 0 Å². The molecule has 1 atom stereocenters. The molecule has 4 aromatic rings. The molecule has 37 heavy (non-hydrogen) atoms. The molecule has 2 aromatic carbocycles. The van der Waals surface area contributed by atoms with Crippen molar-refractivity contribution >= 4 is 44.7 Å². The number of aromatic nitrogens is 2. The van der Waals surface area contributed by atoms with Crippen molar-refractivity contribution in [2.45, 2.75) is 59.9 Å². The summed E-state index contributed by atoms with van der Waals surface area (Å²) < 4.78 is 1.38. The maximum absolute atomic E-state index is 13.6. The molecule has 4 rings (SSSR count). The van der Waals surface area contributed by atoms with Gasteiger partial charge in [0.1, 0.15) is 10.9 Å². The maximum Gasteiger partial charge on any atom is 0.266 e. The number of hydrogen-bond acceptors (Lipinski definition) is 5. The fourth-order valence-electron chi connectivity index (χ4n) is 4.55. The number of anilines is 2. The zero-order valence-electron chi connectivity index (χ0n) is 22.0. The summed E-state index contributed by atoms with van der Waals surface area (Å²) in [6.07, 6.45) is 1.82. The lowest BCUT2D eigenvalue weighted by molar-refractivity contribution is -0.119. The van der Waals surface area contributed by atoms with Gasteiger partial charge in [-0.25, -0.2) is 4.98 Å². The van der Waals surface area contributed by atoms with Crippen LogP contribution in [0, 0.1) is 20.8 Å². The highest BCUT2D eigenvalue weighted by Gasteiger charge is 2.25. The number of para-hydroxylation sites is 1. The molecule has 8 heteroatoms. The number of rotatable bonds is 7. The largest absolute Gasteiger partial charge is 0.324 e. The molecule has 0 bridgehead atoms. The molecule has 0 saturated carbocycles. The molecule has 2 heterocycles. The normalized spacial score (nSPS) is 12.1. The minimum Gasteiger partial charge on any atom is -0.324 e. The van der Waals surface area contributed by atoms with E-state index in [1.54, 1.807) is 6.92 Å². The third kappa shape index (κ3) is 5.20. The first-order valence-electron chi connectivity index (χ1n) is 12.4. The zero-order valence-corrected chi connectivity index (χ0v) is 22.8. The summed E-state index contributed by atoms with van der Waals surface area (Å²) in [4.78, 5) is 45.4. The van der Waals surface area contributed by atoms with Crippen LogP contribution in [0.2, 0.25) is 0 Å². The lowest BCUT2D eigenvalue weighted by atomic mass is 10.0. The smallest absolute Gasteiger partial charge is 0.266 e. The number of hydrogen-bond donors (Lipinski definition) is 2. The predicted molar refractivity (Wildman–Crippen MR) is 151 cm³/mol. The van der Waals surface area contributed by atoms with Crippen LogP contribution in [0.4, 0.5) is 11.4 Å². The SMILES string of the molecule is CCC(C(=O)Nc1ccccc1C(C)C)n1cnc2sc(C(=O)Nc3ccc(C)cc3C)c(C)c2c1=O. The zero-order chi connectivity index (χ0) is 26.9. The van der Waals surface area contributed by atoms with Gasteiger partial charge in [0.15, 0.2) is 0 Å². The Balaban J connectivity index is 1.67. The Hall–Kier alpha value is -3.78. The van der Waals surface area contributed by atoms with E-state index in [-0.39, 0.29) is 23.3 Å². The van der Waals surface area contributed by atoms with Crippen LogP contribution in [0.15, 0.2) is 53.6 Å². The monoisotopic (exact) mass is 516 g/mol. The van der Waals surface area contributed by atoms with Gasteiger partial charge < -0.3 is 10.6 Å². The molecule has 2 aromatic heterocycles. The molecular weight excluding hydrogens is 484 g/mol. The second-order valence-corrected chi connectivity index (χ2v) is 10.6. The summed E-state index contributed by atoms with van der Waals surface area (Å²) in [6.45, 7) is 11.7. The van der Waals surface area contributed by atoms with Gasteiger partial charge in [-0.3, -0.25) is 19.0 Å². The van der Waals surface area contributed by atoms with Gasteiger partial charge in [-0.2, -0.15) is 0 Å². The highest BCUT2D eigenvalue weighted by Crippen LogP contribution is 2.29. The summed E-state index contributed by atoms with van der Waals surface area (Å²) in [5, 5.41) is 6.33. The van der Waals surface area contributed by atoms with E-state index < -0.39 is 6.04 Å². The van der Waals surface area contributed by atoms with Crippen LogP contribution in [0.25, 0.3) is 10.2 Å². The topological polar surface area (TPSA) is 93.1 Å². The van der Waals surface area contributed by atoms with Gasteiger partial charge in [-0.1, -0.05) is 56.7 Å². The molecule has 0 aliphatic carbocycles. The number of nitrogens with zero attached hydrogens (tertiary/aromatic N) is 2. The number of amides is 2. The van der Waals surface area contributed by atoms with Crippen LogP contribution in [-0.4, -0.2) is 21.4 Å². The van der Waals surface area contributed by atoms with Crippen molar-refractivity contribution in [1.82, 2.24) is 9.55 Å². The Morgan fingerprint density at radius 1 is 1.03 bits per heavy atom. The second kappa shape index (κ2) is 10.7. The number of carbonyl (C=O) groups is 2. The minimum atomic E-state index is -0.739. The number of carbonyl (C=O) groups excluding carboxylic acids is 2. The molecule has 0 radical (unpaired) electrons. The Bertz CT molecular complexity index is 1550. The Labute approximate surface area is 220 Å². The average Bonchev–Trinajstić information content (AvgIpc) is 3.20. The molecule has 192 valence electrons. The first-order valence-corrected chi connectivity index (χ1v) is 13.2. The lowest BCUT2D eigenvalue weighted by Gasteiger charge is -2.20. The van der Waals surface area contributed by atoms with Crippen molar-refractivity contribution in [2.75, 3.05) is 10.6 Å². The maximum atomic E-state index is 13.6. The van der Waals surface area contributed by atoms with E-state index in [0.29, 0.717) is 27.1 Å². The Morgan fingerprint density at radius 2 is 1.76 bits per heavy atom. The molecule has 0 saturated heterocycles. The second-order valence-electron chi connectivity index (χ2n) is 9.62. The van der Waals surface area contributed by atoms with E-state index in [1.165, 1.54) is 22.2 Å². The number of fused-ring (bicyclic) bond motifs is 1. The molecule has 2 N–H and O–H groups in total. The van der Waals surface area contributed by atoms with Gasteiger partial charge in [-0.05, 0) is 61.9 Å². The standard InChI is InChI=1S/C29H32N4O3S/c1-7-23(26(34)32-22-11-9-8-10-20(22)16(2)3)33-15-30-28-24(29(33)36)19(6)25(37-28)27(35)31-21-13-12-17(4)14-18(21)5/h8-16,23H,7H2,1-6H3,(H,31,35)(H,32,34). The van der Waals surface area contributed by atoms with E-state index in [0.717, 1.165) is 28.1 Å². The lowest BCUT2D eigenvalue weighted by Crippen LogP contribution is -2.33. The van der Waals surface area contributed by atoms with Crippen molar-refractivity contribution in [3.8, 4) is 0 Å². The van der Waals surface area contributed by atoms with Gasteiger partial charge >= 0.3 is 0 Å². The summed E-state index contributed by atoms with van der Waals surface area (Å²) in [5.41, 5.74) is 4.80. The fraction of sp³-hybridized carbons (Fsp3) is 0.310.